The molecule has 0 bridgehead atoms. The van der Waals surface area contributed by atoms with Gasteiger partial charge >= 0.3 is 0 Å². The van der Waals surface area contributed by atoms with E-state index < -0.39 is 0 Å². The van der Waals surface area contributed by atoms with Crippen molar-refractivity contribution >= 4 is 35.0 Å². The van der Waals surface area contributed by atoms with Crippen LogP contribution in [0.5, 0.6) is 0 Å². The molecule has 0 saturated heterocycles. The largest absolute Gasteiger partial charge is 0.326 e. The summed E-state index contributed by atoms with van der Waals surface area (Å²) in [6, 6.07) is 9.42. The van der Waals surface area contributed by atoms with Crippen LogP contribution in [-0.4, -0.2) is 4.98 Å². The van der Waals surface area contributed by atoms with E-state index >= 15 is 0 Å². The number of halogens is 2. The predicted octanol–water partition coefficient (Wildman–Crippen LogP) is 4.00. The molecule has 2 rings (SSSR count). The number of benzene rings is 1. The van der Waals surface area contributed by atoms with Gasteiger partial charge in [-0.25, -0.2) is 4.98 Å². The van der Waals surface area contributed by atoms with Gasteiger partial charge in [-0.3, -0.25) is 0 Å². The number of aromatic nitrogens is 1. The third-order valence-corrected chi connectivity index (χ3v) is 3.83. The smallest absolute Gasteiger partial charge is 0.101 e. The fraction of sp³-hybridized carbons (Fsp3) is 0.0833. The lowest BCUT2D eigenvalue weighted by molar-refractivity contribution is 1.01. The van der Waals surface area contributed by atoms with Gasteiger partial charge in [0.2, 0.25) is 0 Å². The molecular formula is C12H10Cl2N2S. The zero-order valence-electron chi connectivity index (χ0n) is 8.86. The summed E-state index contributed by atoms with van der Waals surface area (Å²) < 4.78 is 0. The highest BCUT2D eigenvalue weighted by Crippen LogP contribution is 2.31. The van der Waals surface area contributed by atoms with Crippen LogP contribution in [0.3, 0.4) is 0 Å². The molecule has 2 nitrogen and oxygen atoms in total. The maximum atomic E-state index is 5.95. The molecule has 0 aliphatic heterocycles. The topological polar surface area (TPSA) is 38.9 Å². The molecule has 1 heterocycles. The van der Waals surface area contributed by atoms with Crippen LogP contribution in [0.1, 0.15) is 5.56 Å². The summed E-state index contributed by atoms with van der Waals surface area (Å²) >= 11 is 13.3. The molecular weight excluding hydrogens is 275 g/mol. The zero-order chi connectivity index (χ0) is 12.3. The van der Waals surface area contributed by atoms with E-state index in [0.29, 0.717) is 16.6 Å². The van der Waals surface area contributed by atoms with Gasteiger partial charge in [0.1, 0.15) is 5.03 Å². The van der Waals surface area contributed by atoms with Crippen LogP contribution in [0.25, 0.3) is 0 Å². The number of pyridine rings is 1. The molecule has 0 saturated carbocycles. The quantitative estimate of drug-likeness (QED) is 0.926. The van der Waals surface area contributed by atoms with E-state index in [0.717, 1.165) is 15.5 Å². The first-order chi connectivity index (χ1) is 8.19. The molecule has 0 unspecified atom stereocenters. The highest BCUT2D eigenvalue weighted by molar-refractivity contribution is 7.99. The summed E-state index contributed by atoms with van der Waals surface area (Å²) in [7, 11) is 0. The van der Waals surface area contributed by atoms with Gasteiger partial charge in [0, 0.05) is 17.6 Å². The second-order valence-electron chi connectivity index (χ2n) is 3.39. The van der Waals surface area contributed by atoms with Gasteiger partial charge in [-0.1, -0.05) is 41.0 Å². The highest BCUT2D eigenvalue weighted by atomic mass is 35.5. The Morgan fingerprint density at radius 2 is 1.94 bits per heavy atom. The van der Waals surface area contributed by atoms with Crippen LogP contribution in [0.2, 0.25) is 10.0 Å². The lowest BCUT2D eigenvalue weighted by Gasteiger charge is -2.03. The first-order valence-electron chi connectivity index (χ1n) is 4.97. The SMILES string of the molecule is NCc1ccc(Sc2ccc(Cl)c(Cl)c2)nc1. The molecule has 88 valence electrons. The Morgan fingerprint density at radius 1 is 1.12 bits per heavy atom. The van der Waals surface area contributed by atoms with Crippen LogP contribution in [0.15, 0.2) is 46.5 Å². The Balaban J connectivity index is 2.16. The Kier molecular flexibility index (Phi) is 4.29. The molecule has 0 radical (unpaired) electrons. The number of nitrogens with zero attached hydrogens (tertiary/aromatic N) is 1. The van der Waals surface area contributed by atoms with Gasteiger partial charge < -0.3 is 5.73 Å². The van der Waals surface area contributed by atoms with Gasteiger partial charge in [-0.05, 0) is 29.8 Å². The lowest BCUT2D eigenvalue weighted by atomic mass is 10.3. The summed E-state index contributed by atoms with van der Waals surface area (Å²) in [6.45, 7) is 0.505. The molecule has 2 N–H and O–H groups in total. The molecule has 5 heteroatoms. The van der Waals surface area contributed by atoms with E-state index in [2.05, 4.69) is 4.98 Å². The first kappa shape index (κ1) is 12.7. The minimum atomic E-state index is 0.505. The lowest BCUT2D eigenvalue weighted by Crippen LogP contribution is -1.96. The molecule has 0 amide bonds. The van der Waals surface area contributed by atoms with Crippen LogP contribution < -0.4 is 5.73 Å². The van der Waals surface area contributed by atoms with E-state index in [9.17, 15) is 0 Å². The Hall–Kier alpha value is -0.740. The minimum Gasteiger partial charge on any atom is -0.326 e. The standard InChI is InChI=1S/C12H10Cl2N2S/c13-10-3-2-9(5-11(10)14)17-12-4-1-8(6-15)7-16-12/h1-5,7H,6,15H2. The normalized spacial score (nSPS) is 10.5. The summed E-state index contributed by atoms with van der Waals surface area (Å²) in [5.74, 6) is 0. The molecule has 0 fully saturated rings. The van der Waals surface area contributed by atoms with E-state index in [-0.39, 0.29) is 0 Å². The molecule has 1 aromatic heterocycles. The average molecular weight is 285 g/mol. The van der Waals surface area contributed by atoms with Gasteiger partial charge in [-0.15, -0.1) is 0 Å². The van der Waals surface area contributed by atoms with Crippen molar-refractivity contribution in [1.29, 1.82) is 0 Å². The van der Waals surface area contributed by atoms with E-state index in [1.165, 1.54) is 11.8 Å². The van der Waals surface area contributed by atoms with Crippen molar-refractivity contribution in [2.75, 3.05) is 0 Å². The van der Waals surface area contributed by atoms with Crippen molar-refractivity contribution in [2.45, 2.75) is 16.5 Å². The Morgan fingerprint density at radius 3 is 2.53 bits per heavy atom. The molecule has 2 aromatic rings. The second-order valence-corrected chi connectivity index (χ2v) is 5.29. The number of nitrogens with two attached hydrogens (primary N) is 1. The Labute approximate surface area is 114 Å². The fourth-order valence-electron chi connectivity index (χ4n) is 1.25. The van der Waals surface area contributed by atoms with Gasteiger partial charge in [0.05, 0.1) is 10.0 Å². The van der Waals surface area contributed by atoms with Crippen LogP contribution in [-0.2, 0) is 6.54 Å². The van der Waals surface area contributed by atoms with Crippen LogP contribution in [0, 0.1) is 0 Å². The molecule has 17 heavy (non-hydrogen) atoms. The van der Waals surface area contributed by atoms with E-state index in [4.69, 9.17) is 28.9 Å². The number of rotatable bonds is 3. The molecule has 0 spiro atoms. The number of hydrogen-bond acceptors (Lipinski definition) is 3. The van der Waals surface area contributed by atoms with Gasteiger partial charge in [0.25, 0.3) is 0 Å². The molecule has 0 atom stereocenters. The summed E-state index contributed by atoms with van der Waals surface area (Å²) in [5, 5.41) is 2.01. The van der Waals surface area contributed by atoms with Crippen molar-refractivity contribution in [3.8, 4) is 0 Å². The average Bonchev–Trinajstić information content (AvgIpc) is 2.35. The predicted molar refractivity (Wildman–Crippen MR) is 72.7 cm³/mol. The monoisotopic (exact) mass is 284 g/mol. The van der Waals surface area contributed by atoms with Crippen molar-refractivity contribution in [3.05, 3.63) is 52.1 Å². The third-order valence-electron chi connectivity index (χ3n) is 2.15. The maximum Gasteiger partial charge on any atom is 0.101 e. The first-order valence-corrected chi connectivity index (χ1v) is 6.54. The van der Waals surface area contributed by atoms with Crippen molar-refractivity contribution in [2.24, 2.45) is 5.73 Å². The molecule has 1 aromatic carbocycles. The molecule has 0 aliphatic rings. The van der Waals surface area contributed by atoms with E-state index in [1.807, 2.05) is 24.3 Å². The maximum absolute atomic E-state index is 5.95. The van der Waals surface area contributed by atoms with Gasteiger partial charge in [-0.2, -0.15) is 0 Å². The zero-order valence-corrected chi connectivity index (χ0v) is 11.2. The minimum absolute atomic E-state index is 0.505. The highest BCUT2D eigenvalue weighted by Gasteiger charge is 2.02. The molecule has 0 aliphatic carbocycles. The van der Waals surface area contributed by atoms with Crippen molar-refractivity contribution in [3.63, 3.8) is 0 Å². The van der Waals surface area contributed by atoms with Crippen LogP contribution in [0.4, 0.5) is 0 Å². The third kappa shape index (κ3) is 3.36. The summed E-state index contributed by atoms with van der Waals surface area (Å²) in [5.41, 5.74) is 6.53. The summed E-state index contributed by atoms with van der Waals surface area (Å²) in [6.07, 6.45) is 1.78. The number of hydrogen-bond donors (Lipinski definition) is 1. The van der Waals surface area contributed by atoms with Crippen molar-refractivity contribution < 1.29 is 0 Å². The van der Waals surface area contributed by atoms with E-state index in [1.54, 1.807) is 12.3 Å². The van der Waals surface area contributed by atoms with Crippen molar-refractivity contribution in [1.82, 2.24) is 4.98 Å². The van der Waals surface area contributed by atoms with Gasteiger partial charge in [0.15, 0.2) is 0 Å². The van der Waals surface area contributed by atoms with Crippen LogP contribution >= 0.6 is 35.0 Å². The second kappa shape index (κ2) is 5.74. The Bertz CT molecular complexity index is 514. The fourth-order valence-corrected chi connectivity index (χ4v) is 2.41. The summed E-state index contributed by atoms with van der Waals surface area (Å²) in [4.78, 5) is 5.31.